The number of hydrogen-bond donors (Lipinski definition) is 19. The Labute approximate surface area is 535 Å². The molecule has 1 rings (SSSR count). The summed E-state index contributed by atoms with van der Waals surface area (Å²) < 4.78 is 0. The molecule has 0 bridgehead atoms. The molecule has 11 amide bonds. The Kier molecular flexibility index (Phi) is 35.4. The van der Waals surface area contributed by atoms with Gasteiger partial charge in [0.1, 0.15) is 54.1 Å². The largest absolute Gasteiger partial charge is 0.508 e. The fourth-order valence-corrected chi connectivity index (χ4v) is 9.24. The number of carbonyl (C=O) groups excluding carboxylic acids is 11. The molecule has 0 saturated heterocycles. The molecule has 23 N–H and O–H groups in total. The second kappa shape index (κ2) is 39.9. The molecule has 33 heteroatoms. The van der Waals surface area contributed by atoms with E-state index >= 15 is 0 Å². The number of aliphatic hydroxyl groups excluding tert-OH is 4. The van der Waals surface area contributed by atoms with Crippen molar-refractivity contribution in [2.45, 2.75) is 200 Å². The zero-order valence-corrected chi connectivity index (χ0v) is 54.6. The molecule has 14 atom stereocenters. The van der Waals surface area contributed by atoms with Crippen LogP contribution < -0.4 is 70.8 Å². The Morgan fingerprint density at radius 1 is 0.598 bits per heavy atom. The van der Waals surface area contributed by atoms with E-state index in [9.17, 15) is 88.2 Å². The summed E-state index contributed by atoms with van der Waals surface area (Å²) in [6.07, 6.45) is -5.62. The number of amides is 11. The zero-order chi connectivity index (χ0) is 70.6. The van der Waals surface area contributed by atoms with Crippen molar-refractivity contribution in [2.75, 3.05) is 26.7 Å². The summed E-state index contributed by atoms with van der Waals surface area (Å²) in [7, 11) is 0.893. The maximum atomic E-state index is 14.6. The number of nitrogens with zero attached hydrogens (tertiary/aromatic N) is 2. The van der Waals surface area contributed by atoms with Gasteiger partial charge in [0.25, 0.3) is 0 Å². The Balaban J connectivity index is 3.69. The van der Waals surface area contributed by atoms with E-state index in [-0.39, 0.29) is 74.5 Å². The van der Waals surface area contributed by atoms with E-state index in [2.05, 4.69) is 47.5 Å². The molecule has 92 heavy (non-hydrogen) atoms. The quantitative estimate of drug-likeness (QED) is 0.0165. The molecular weight excluding hydrogens is 1210 g/mol. The molecular formula is C59H101N15O18. The van der Waals surface area contributed by atoms with Crippen molar-refractivity contribution in [3.05, 3.63) is 29.8 Å². The number of nitrogens with two attached hydrogens (primary N) is 4. The number of aliphatic hydroxyl groups is 4. The number of phenols is 1. The topological polar surface area (TPSA) is 554 Å². The number of primary amides is 1. The first-order chi connectivity index (χ1) is 42.8. The number of aliphatic carboxylic acids is 1. The number of hydrogen-bond acceptors (Lipinski definition) is 19. The average Bonchev–Trinajstić information content (AvgIpc) is 0.944. The zero-order valence-electron chi connectivity index (χ0n) is 54.6. The number of phenolic OH excluding ortho intramolecular Hbond substituents is 1. The number of rotatable bonds is 41. The molecule has 0 fully saturated rings. The lowest BCUT2D eigenvalue weighted by molar-refractivity contribution is -0.154. The Morgan fingerprint density at radius 3 is 1.57 bits per heavy atom. The first-order valence-electron chi connectivity index (χ1n) is 30.5. The molecule has 0 aliphatic rings. The number of nitrogens with one attached hydrogen (secondary N) is 9. The fraction of sp³-hybridized carbons (Fsp3) is 0.678. The summed E-state index contributed by atoms with van der Waals surface area (Å²) in [4.78, 5) is 167. The number of carbonyl (C=O) groups is 12. The first kappa shape index (κ1) is 81.7. The number of likely N-dealkylation sites (N-methyl/N-ethyl adjacent to an activating group) is 1. The third kappa shape index (κ3) is 28.1. The highest BCUT2D eigenvalue weighted by Crippen LogP contribution is 2.18. The van der Waals surface area contributed by atoms with Crippen LogP contribution in [0.5, 0.6) is 5.75 Å². The van der Waals surface area contributed by atoms with E-state index in [4.69, 9.17) is 22.9 Å². The number of guanidine groups is 1. The molecule has 0 aliphatic carbocycles. The fourth-order valence-electron chi connectivity index (χ4n) is 9.24. The maximum absolute atomic E-state index is 14.6. The number of aliphatic imine (C=N–C) groups is 1. The molecule has 2 unspecified atom stereocenters. The Hall–Kier alpha value is -8.27. The van der Waals surface area contributed by atoms with Crippen molar-refractivity contribution in [3.63, 3.8) is 0 Å². The predicted octanol–water partition coefficient (Wildman–Crippen LogP) is -5.36. The molecule has 1 aromatic rings. The molecule has 1 aromatic carbocycles. The van der Waals surface area contributed by atoms with Crippen LogP contribution in [0.1, 0.15) is 120 Å². The van der Waals surface area contributed by atoms with Gasteiger partial charge >= 0.3 is 5.97 Å². The third-order valence-electron chi connectivity index (χ3n) is 14.7. The number of carboxylic acids is 1. The van der Waals surface area contributed by atoms with Crippen LogP contribution in [0.25, 0.3) is 0 Å². The van der Waals surface area contributed by atoms with E-state index in [1.54, 1.807) is 47.6 Å². The van der Waals surface area contributed by atoms with Crippen LogP contribution in [-0.2, 0) is 64.0 Å². The van der Waals surface area contributed by atoms with Gasteiger partial charge in [-0.25, -0.2) is 4.79 Å². The van der Waals surface area contributed by atoms with Gasteiger partial charge in [-0.05, 0) is 86.3 Å². The average molecular weight is 1310 g/mol. The Morgan fingerprint density at radius 2 is 1.09 bits per heavy atom. The van der Waals surface area contributed by atoms with E-state index in [1.807, 2.05) is 33.0 Å². The minimum absolute atomic E-state index is 0.0410. The first-order valence-corrected chi connectivity index (χ1v) is 30.5. The number of aromatic hydroxyl groups is 1. The van der Waals surface area contributed by atoms with Crippen molar-refractivity contribution < 1.29 is 88.2 Å². The summed E-state index contributed by atoms with van der Waals surface area (Å²) in [5.74, 6) is -15.8. The summed E-state index contributed by atoms with van der Waals surface area (Å²) in [6, 6.07) is -10.1. The highest BCUT2D eigenvalue weighted by atomic mass is 16.4. The molecule has 0 aliphatic heterocycles. The minimum atomic E-state index is -2.43. The summed E-state index contributed by atoms with van der Waals surface area (Å²) >= 11 is 0. The lowest BCUT2D eigenvalue weighted by atomic mass is 9.96. The third-order valence-corrected chi connectivity index (χ3v) is 14.7. The molecule has 0 heterocycles. The molecule has 0 saturated carbocycles. The molecule has 0 radical (unpaired) electrons. The second-order valence-corrected chi connectivity index (χ2v) is 24.5. The van der Waals surface area contributed by atoms with Gasteiger partial charge in [0.2, 0.25) is 65.0 Å². The Bertz CT molecular complexity index is 2690. The summed E-state index contributed by atoms with van der Waals surface area (Å²) in [5, 5.41) is 84.1. The molecule has 0 aromatic heterocycles. The lowest BCUT2D eigenvalue weighted by Gasteiger charge is -2.31. The van der Waals surface area contributed by atoms with Crippen LogP contribution >= 0.6 is 0 Å². The van der Waals surface area contributed by atoms with Gasteiger partial charge in [0.05, 0.1) is 31.4 Å². The van der Waals surface area contributed by atoms with Crippen molar-refractivity contribution >= 4 is 76.9 Å². The maximum Gasteiger partial charge on any atom is 0.328 e. The summed E-state index contributed by atoms with van der Waals surface area (Å²) in [5.41, 5.74) is 22.7. The van der Waals surface area contributed by atoms with Crippen molar-refractivity contribution in [1.82, 2.24) is 52.8 Å². The highest BCUT2D eigenvalue weighted by Gasteiger charge is 2.41. The normalized spacial score (nSPS) is 16.0. The van der Waals surface area contributed by atoms with E-state index < -0.39 is 175 Å². The van der Waals surface area contributed by atoms with Crippen LogP contribution in [0.3, 0.4) is 0 Å². The molecule has 520 valence electrons. The second-order valence-electron chi connectivity index (χ2n) is 24.5. The lowest BCUT2D eigenvalue weighted by Crippen LogP contribution is -2.63. The smallest absolute Gasteiger partial charge is 0.328 e. The highest BCUT2D eigenvalue weighted by molar-refractivity contribution is 6.00. The van der Waals surface area contributed by atoms with Crippen molar-refractivity contribution in [2.24, 2.45) is 57.5 Å². The van der Waals surface area contributed by atoms with Gasteiger partial charge in [-0.15, -0.1) is 0 Å². The van der Waals surface area contributed by atoms with Crippen LogP contribution in [0.15, 0.2) is 29.3 Å². The van der Waals surface area contributed by atoms with Crippen LogP contribution in [-0.4, -0.2) is 218 Å². The predicted molar refractivity (Wildman–Crippen MR) is 335 cm³/mol. The van der Waals surface area contributed by atoms with Crippen molar-refractivity contribution in [3.8, 4) is 5.75 Å². The number of carboxylic acid groups (broad SMARTS) is 1. The standard InChI is InChI=1S/C59H101N15O18/c1-13-31(10)42(55(88)72-43(32(11)76)54(87)65-25-41(78)70-45(47(80)48(61)81)57(90)74(12)40(26-75)58(91)92)71-50(83)36(18-15-19-64-59(62)63)66-51(84)38(22-29(6)7)69-56(89)44(46(79)30(8)9)73-53(86)39(24-33-16-14-17-34(77)23-33)68-52(85)37(21-28(4)5)67-49(82)35(60)20-27(2)3/h14,16-17,23,27-32,35-40,42-47,75-77,79-80H,13,15,18-22,24-26,60H2,1-12H3,(H2,61,81)(H,65,87)(H,66,84)(H,67,82)(H,68,85)(H,69,89)(H,70,78)(H,71,83)(H,72,88)(H,73,86)(H,91,92)(H4,62,63,64)/t31-,32-,35+,36+,37-,38-,39-,40-,42-,43-,44-,45-,46?,47?/m0/s1. The molecule has 0 spiro atoms. The van der Waals surface area contributed by atoms with Crippen LogP contribution in [0.4, 0.5) is 0 Å². The van der Waals surface area contributed by atoms with E-state index in [1.165, 1.54) is 18.2 Å². The van der Waals surface area contributed by atoms with Crippen molar-refractivity contribution in [1.29, 1.82) is 0 Å². The van der Waals surface area contributed by atoms with Crippen LogP contribution in [0.2, 0.25) is 0 Å². The molecule has 33 nitrogen and oxygen atoms in total. The van der Waals surface area contributed by atoms with Gasteiger partial charge in [0, 0.05) is 20.0 Å². The van der Waals surface area contributed by atoms with Gasteiger partial charge in [-0.3, -0.25) is 57.7 Å². The van der Waals surface area contributed by atoms with Gasteiger partial charge in [-0.2, -0.15) is 0 Å². The summed E-state index contributed by atoms with van der Waals surface area (Å²) in [6.45, 7) is 16.0. The van der Waals surface area contributed by atoms with Gasteiger partial charge in [0.15, 0.2) is 18.1 Å². The van der Waals surface area contributed by atoms with Crippen LogP contribution in [0, 0.1) is 29.6 Å². The minimum Gasteiger partial charge on any atom is -0.508 e. The van der Waals surface area contributed by atoms with Gasteiger partial charge in [-0.1, -0.05) is 87.8 Å². The van der Waals surface area contributed by atoms with Gasteiger partial charge < -0.3 is 106 Å². The van der Waals surface area contributed by atoms with E-state index in [0.717, 1.165) is 14.0 Å². The number of benzene rings is 1. The monoisotopic (exact) mass is 1310 g/mol. The van der Waals surface area contributed by atoms with E-state index in [0.29, 0.717) is 16.9 Å². The SMILES string of the molecule is CC[C@H](C)[C@H](NC(=O)[C@@H](CCCN=C(N)N)NC(=O)[C@H](CC(C)C)NC(=O)[C@@H](NC(=O)[C@H](Cc1cccc(O)c1)NC(=O)[C@H](CC(C)C)NC(=O)[C@H](N)CC(C)C)C(O)C(C)C)C(=O)N[C@H](C(=O)NCC(=O)N[C@H](C(=O)N(C)[C@@H](CO)C(=O)O)C(O)C(N)=O)[C@H](C)O.